The van der Waals surface area contributed by atoms with Crippen molar-refractivity contribution < 1.29 is 9.53 Å². The Morgan fingerprint density at radius 3 is 2.72 bits per heavy atom. The SMILES string of the molecule is CSc1ncccc1C(=O)N1C[C@@H](C)O[C@H](C)C1. The van der Waals surface area contributed by atoms with Gasteiger partial charge in [-0.3, -0.25) is 4.79 Å². The van der Waals surface area contributed by atoms with Crippen molar-refractivity contribution >= 4 is 17.7 Å². The van der Waals surface area contributed by atoms with Crippen LogP contribution in [0, 0.1) is 0 Å². The Hall–Kier alpha value is -1.07. The van der Waals surface area contributed by atoms with E-state index in [9.17, 15) is 4.79 Å². The number of carbonyl (C=O) groups excluding carboxylic acids is 1. The van der Waals surface area contributed by atoms with Gasteiger partial charge in [0.25, 0.3) is 5.91 Å². The minimum absolute atomic E-state index is 0.0504. The third kappa shape index (κ3) is 2.84. The van der Waals surface area contributed by atoms with Crippen LogP contribution in [0.3, 0.4) is 0 Å². The molecule has 4 nitrogen and oxygen atoms in total. The van der Waals surface area contributed by atoms with Crippen molar-refractivity contribution in [2.24, 2.45) is 0 Å². The average molecular weight is 266 g/mol. The van der Waals surface area contributed by atoms with E-state index < -0.39 is 0 Å². The molecule has 0 saturated carbocycles. The topological polar surface area (TPSA) is 42.4 Å². The molecule has 2 rings (SSSR count). The van der Waals surface area contributed by atoms with Gasteiger partial charge in [-0.2, -0.15) is 0 Å². The highest BCUT2D eigenvalue weighted by molar-refractivity contribution is 7.98. The van der Waals surface area contributed by atoms with Crippen LogP contribution in [0.4, 0.5) is 0 Å². The number of nitrogens with zero attached hydrogens (tertiary/aromatic N) is 2. The summed E-state index contributed by atoms with van der Waals surface area (Å²) in [6, 6.07) is 3.65. The summed E-state index contributed by atoms with van der Waals surface area (Å²) >= 11 is 1.50. The van der Waals surface area contributed by atoms with Gasteiger partial charge in [0.2, 0.25) is 0 Å². The molecule has 0 spiro atoms. The highest BCUT2D eigenvalue weighted by Crippen LogP contribution is 2.20. The summed E-state index contributed by atoms with van der Waals surface area (Å²) in [5.74, 6) is 0.0504. The van der Waals surface area contributed by atoms with Crippen molar-refractivity contribution in [1.29, 1.82) is 0 Å². The predicted octanol–water partition coefficient (Wildman–Crippen LogP) is 2.05. The van der Waals surface area contributed by atoms with E-state index in [1.807, 2.05) is 31.1 Å². The molecule has 1 aromatic heterocycles. The summed E-state index contributed by atoms with van der Waals surface area (Å²) in [6.45, 7) is 5.28. The number of hydrogen-bond donors (Lipinski definition) is 0. The van der Waals surface area contributed by atoms with Crippen molar-refractivity contribution in [3.8, 4) is 0 Å². The Kier molecular flexibility index (Phi) is 4.24. The fraction of sp³-hybridized carbons (Fsp3) is 0.538. The second-order valence-corrected chi connectivity index (χ2v) is 5.32. The van der Waals surface area contributed by atoms with Gasteiger partial charge in [0.15, 0.2) is 0 Å². The molecule has 1 aliphatic heterocycles. The predicted molar refractivity (Wildman–Crippen MR) is 71.9 cm³/mol. The zero-order valence-electron chi connectivity index (χ0n) is 10.9. The molecule has 0 radical (unpaired) electrons. The molecule has 2 heterocycles. The monoisotopic (exact) mass is 266 g/mol. The van der Waals surface area contributed by atoms with E-state index in [-0.39, 0.29) is 18.1 Å². The Bertz CT molecular complexity index is 429. The lowest BCUT2D eigenvalue weighted by Crippen LogP contribution is -2.48. The Labute approximate surface area is 112 Å². The van der Waals surface area contributed by atoms with E-state index in [2.05, 4.69) is 4.98 Å². The number of morpholine rings is 1. The van der Waals surface area contributed by atoms with Crippen molar-refractivity contribution in [3.05, 3.63) is 23.9 Å². The molecule has 1 amide bonds. The van der Waals surface area contributed by atoms with Crippen LogP contribution >= 0.6 is 11.8 Å². The van der Waals surface area contributed by atoms with E-state index in [1.54, 1.807) is 12.3 Å². The number of pyridine rings is 1. The second-order valence-electron chi connectivity index (χ2n) is 4.53. The first-order valence-electron chi connectivity index (χ1n) is 6.05. The van der Waals surface area contributed by atoms with E-state index in [0.717, 1.165) is 5.03 Å². The molecule has 0 unspecified atom stereocenters. The van der Waals surface area contributed by atoms with Gasteiger partial charge in [0.05, 0.1) is 17.8 Å². The Balaban J connectivity index is 2.20. The molecule has 1 saturated heterocycles. The summed E-state index contributed by atoms with van der Waals surface area (Å²) in [7, 11) is 0. The molecule has 0 N–H and O–H groups in total. The fourth-order valence-corrected chi connectivity index (χ4v) is 2.77. The first kappa shape index (κ1) is 13.4. The van der Waals surface area contributed by atoms with Crippen LogP contribution in [0.25, 0.3) is 0 Å². The highest BCUT2D eigenvalue weighted by atomic mass is 32.2. The van der Waals surface area contributed by atoms with Gasteiger partial charge >= 0.3 is 0 Å². The smallest absolute Gasteiger partial charge is 0.256 e. The van der Waals surface area contributed by atoms with Crippen molar-refractivity contribution in [1.82, 2.24) is 9.88 Å². The van der Waals surface area contributed by atoms with E-state index in [1.165, 1.54) is 11.8 Å². The van der Waals surface area contributed by atoms with Crippen LogP contribution in [-0.4, -0.2) is 47.3 Å². The molecule has 0 aliphatic carbocycles. The fourth-order valence-electron chi connectivity index (χ4n) is 2.23. The van der Waals surface area contributed by atoms with Gasteiger partial charge in [-0.15, -0.1) is 11.8 Å². The molecule has 1 fully saturated rings. The van der Waals surface area contributed by atoms with E-state index in [0.29, 0.717) is 18.7 Å². The number of thioether (sulfide) groups is 1. The standard InChI is InChI=1S/C13H18N2O2S/c1-9-7-15(8-10(2)17-9)13(16)11-5-4-6-14-12(11)18-3/h4-6,9-10H,7-8H2,1-3H3/t9-,10-/m1/s1. The zero-order valence-corrected chi connectivity index (χ0v) is 11.7. The van der Waals surface area contributed by atoms with Gasteiger partial charge in [0.1, 0.15) is 5.03 Å². The van der Waals surface area contributed by atoms with E-state index >= 15 is 0 Å². The van der Waals surface area contributed by atoms with Crippen molar-refractivity contribution in [3.63, 3.8) is 0 Å². The lowest BCUT2D eigenvalue weighted by atomic mass is 10.2. The molecule has 2 atom stereocenters. The second kappa shape index (κ2) is 5.71. The van der Waals surface area contributed by atoms with Crippen molar-refractivity contribution in [2.75, 3.05) is 19.3 Å². The maximum Gasteiger partial charge on any atom is 0.256 e. The third-order valence-corrected chi connectivity index (χ3v) is 3.61. The molecule has 0 bridgehead atoms. The largest absolute Gasteiger partial charge is 0.372 e. The number of ether oxygens (including phenoxy) is 1. The first-order valence-corrected chi connectivity index (χ1v) is 7.28. The normalized spacial score (nSPS) is 24.1. The van der Waals surface area contributed by atoms with Gasteiger partial charge < -0.3 is 9.64 Å². The summed E-state index contributed by atoms with van der Waals surface area (Å²) in [6.07, 6.45) is 3.83. The molecular weight excluding hydrogens is 248 g/mol. The van der Waals surface area contributed by atoms with Crippen molar-refractivity contribution in [2.45, 2.75) is 31.1 Å². The van der Waals surface area contributed by atoms with Crippen LogP contribution in [0.2, 0.25) is 0 Å². The van der Waals surface area contributed by atoms with Crippen LogP contribution in [-0.2, 0) is 4.74 Å². The molecular formula is C13H18N2O2S. The van der Waals surface area contributed by atoms with Crippen LogP contribution in [0.1, 0.15) is 24.2 Å². The molecule has 18 heavy (non-hydrogen) atoms. The van der Waals surface area contributed by atoms with Crippen LogP contribution in [0.15, 0.2) is 23.4 Å². The number of carbonyl (C=O) groups is 1. The molecule has 0 aromatic carbocycles. The van der Waals surface area contributed by atoms with E-state index in [4.69, 9.17) is 4.74 Å². The zero-order chi connectivity index (χ0) is 13.1. The summed E-state index contributed by atoms with van der Waals surface area (Å²) < 4.78 is 5.64. The lowest BCUT2D eigenvalue weighted by molar-refractivity contribution is -0.0587. The maximum absolute atomic E-state index is 12.5. The quantitative estimate of drug-likeness (QED) is 0.768. The Morgan fingerprint density at radius 1 is 1.44 bits per heavy atom. The van der Waals surface area contributed by atoms with Crippen LogP contribution < -0.4 is 0 Å². The number of hydrogen-bond acceptors (Lipinski definition) is 4. The highest BCUT2D eigenvalue weighted by Gasteiger charge is 2.27. The first-order chi connectivity index (χ1) is 8.61. The van der Waals surface area contributed by atoms with Crippen LogP contribution in [0.5, 0.6) is 0 Å². The Morgan fingerprint density at radius 2 is 2.11 bits per heavy atom. The van der Waals surface area contributed by atoms with Gasteiger partial charge in [-0.1, -0.05) is 0 Å². The summed E-state index contributed by atoms with van der Waals surface area (Å²) in [4.78, 5) is 18.6. The molecule has 98 valence electrons. The molecule has 5 heteroatoms. The minimum atomic E-state index is 0.0504. The summed E-state index contributed by atoms with van der Waals surface area (Å²) in [5.41, 5.74) is 0.686. The number of amides is 1. The third-order valence-electron chi connectivity index (χ3n) is 2.90. The maximum atomic E-state index is 12.5. The van der Waals surface area contributed by atoms with Gasteiger partial charge in [-0.25, -0.2) is 4.98 Å². The van der Waals surface area contributed by atoms with Gasteiger partial charge in [-0.05, 0) is 32.2 Å². The molecule has 1 aromatic rings. The minimum Gasteiger partial charge on any atom is -0.372 e. The number of aromatic nitrogens is 1. The molecule has 1 aliphatic rings. The average Bonchev–Trinajstić information content (AvgIpc) is 2.36. The van der Waals surface area contributed by atoms with Gasteiger partial charge in [0, 0.05) is 19.3 Å². The number of rotatable bonds is 2. The lowest BCUT2D eigenvalue weighted by Gasteiger charge is -2.35. The summed E-state index contributed by atoms with van der Waals surface area (Å²) in [5, 5.41) is 0.786.